The predicted molar refractivity (Wildman–Crippen MR) is 108 cm³/mol. The van der Waals surface area contributed by atoms with Gasteiger partial charge in [0.15, 0.2) is 0 Å². The molecule has 0 aliphatic heterocycles. The molecule has 6 heteroatoms. The fourth-order valence-corrected chi connectivity index (χ4v) is 5.29. The Hall–Kier alpha value is -2.44. The van der Waals surface area contributed by atoms with Crippen LogP contribution < -0.4 is 0 Å². The molecule has 0 unspecified atom stereocenters. The van der Waals surface area contributed by atoms with E-state index in [1.54, 1.807) is 10.9 Å². The van der Waals surface area contributed by atoms with Crippen LogP contribution in [0.5, 0.6) is 0 Å². The summed E-state index contributed by atoms with van der Waals surface area (Å²) in [5, 5.41) is 4.63. The van der Waals surface area contributed by atoms with Crippen molar-refractivity contribution in [2.75, 3.05) is 0 Å². The number of hydrogen-bond acceptors (Lipinski definition) is 3. The van der Waals surface area contributed by atoms with Crippen LogP contribution >= 0.6 is 0 Å². The Labute approximate surface area is 161 Å². The van der Waals surface area contributed by atoms with E-state index in [2.05, 4.69) is 5.10 Å². The van der Waals surface area contributed by atoms with Crippen molar-refractivity contribution in [3.8, 4) is 16.9 Å². The zero-order valence-corrected chi connectivity index (χ0v) is 16.9. The van der Waals surface area contributed by atoms with E-state index >= 15 is 0 Å². The molecule has 0 radical (unpaired) electrons. The summed E-state index contributed by atoms with van der Waals surface area (Å²) < 4.78 is 30.2. The Morgan fingerprint density at radius 1 is 0.852 bits per heavy atom. The third-order valence-corrected chi connectivity index (χ3v) is 6.57. The molecule has 0 bridgehead atoms. The Bertz CT molecular complexity index is 986. The molecule has 142 valence electrons. The standard InChI is InChI=1S/C21H25N3O2S/c1-16(2)24(17(3)4)27(25,26)20-15-23(19-13-9-6-10-14-19)22-21(20)18-11-7-5-8-12-18/h5-17H,1-4H3. The first-order valence-electron chi connectivity index (χ1n) is 9.06. The summed E-state index contributed by atoms with van der Waals surface area (Å²) >= 11 is 0. The third-order valence-electron chi connectivity index (χ3n) is 4.32. The van der Waals surface area contributed by atoms with Crippen LogP contribution in [0.25, 0.3) is 16.9 Å². The van der Waals surface area contributed by atoms with Crippen LogP contribution in [-0.4, -0.2) is 34.6 Å². The van der Waals surface area contributed by atoms with Crippen LogP contribution in [0, 0.1) is 0 Å². The molecule has 0 N–H and O–H groups in total. The quantitative estimate of drug-likeness (QED) is 0.636. The molecule has 0 amide bonds. The van der Waals surface area contributed by atoms with Crippen molar-refractivity contribution in [3.05, 3.63) is 66.9 Å². The average molecular weight is 384 g/mol. The van der Waals surface area contributed by atoms with Gasteiger partial charge < -0.3 is 0 Å². The fourth-order valence-electron chi connectivity index (χ4n) is 3.32. The summed E-state index contributed by atoms with van der Waals surface area (Å²) in [6.45, 7) is 7.56. The Balaban J connectivity index is 2.23. The highest BCUT2D eigenvalue weighted by molar-refractivity contribution is 7.89. The highest BCUT2D eigenvalue weighted by Crippen LogP contribution is 2.31. The van der Waals surface area contributed by atoms with E-state index in [9.17, 15) is 8.42 Å². The molecular weight excluding hydrogens is 358 g/mol. The van der Waals surface area contributed by atoms with Crippen molar-refractivity contribution in [2.45, 2.75) is 44.7 Å². The van der Waals surface area contributed by atoms with Crippen molar-refractivity contribution in [1.29, 1.82) is 0 Å². The lowest BCUT2D eigenvalue weighted by molar-refractivity contribution is 0.302. The highest BCUT2D eigenvalue weighted by atomic mass is 32.2. The van der Waals surface area contributed by atoms with Gasteiger partial charge in [0.05, 0.1) is 11.9 Å². The van der Waals surface area contributed by atoms with E-state index in [1.165, 1.54) is 4.31 Å². The van der Waals surface area contributed by atoms with E-state index in [4.69, 9.17) is 0 Å². The highest BCUT2D eigenvalue weighted by Gasteiger charge is 2.33. The van der Waals surface area contributed by atoms with E-state index in [-0.39, 0.29) is 17.0 Å². The lowest BCUT2D eigenvalue weighted by atomic mass is 10.2. The maximum Gasteiger partial charge on any atom is 0.247 e. The van der Waals surface area contributed by atoms with Gasteiger partial charge in [-0.2, -0.15) is 9.40 Å². The molecule has 27 heavy (non-hydrogen) atoms. The van der Waals surface area contributed by atoms with E-state index in [0.29, 0.717) is 5.69 Å². The first kappa shape index (κ1) is 19.3. The van der Waals surface area contributed by atoms with Gasteiger partial charge in [0.1, 0.15) is 10.6 Å². The summed E-state index contributed by atoms with van der Waals surface area (Å²) in [7, 11) is -3.72. The van der Waals surface area contributed by atoms with E-state index in [0.717, 1.165) is 11.3 Å². The van der Waals surface area contributed by atoms with Crippen LogP contribution in [0.1, 0.15) is 27.7 Å². The van der Waals surface area contributed by atoms with Crippen LogP contribution in [0.2, 0.25) is 0 Å². The minimum absolute atomic E-state index is 0.154. The van der Waals surface area contributed by atoms with Crippen LogP contribution in [0.15, 0.2) is 71.8 Å². The van der Waals surface area contributed by atoms with Crippen molar-refractivity contribution < 1.29 is 8.42 Å². The zero-order chi connectivity index (χ0) is 19.6. The number of aromatic nitrogens is 2. The first-order chi connectivity index (χ1) is 12.8. The smallest absolute Gasteiger partial charge is 0.239 e. The maximum atomic E-state index is 13.5. The topological polar surface area (TPSA) is 55.2 Å². The Morgan fingerprint density at radius 2 is 1.37 bits per heavy atom. The van der Waals surface area contributed by atoms with Gasteiger partial charge in [0, 0.05) is 17.6 Å². The lowest BCUT2D eigenvalue weighted by Gasteiger charge is -2.29. The number of benzene rings is 2. The maximum absolute atomic E-state index is 13.5. The third kappa shape index (κ3) is 3.82. The second-order valence-corrected chi connectivity index (χ2v) is 8.82. The summed E-state index contributed by atoms with van der Waals surface area (Å²) in [5.74, 6) is 0. The SMILES string of the molecule is CC(C)N(C(C)C)S(=O)(=O)c1cn(-c2ccccc2)nc1-c1ccccc1. The summed E-state index contributed by atoms with van der Waals surface area (Å²) in [6, 6.07) is 18.7. The van der Waals surface area contributed by atoms with Crippen molar-refractivity contribution in [3.63, 3.8) is 0 Å². The Kier molecular flexibility index (Phi) is 5.48. The number of hydrogen-bond donors (Lipinski definition) is 0. The molecule has 1 heterocycles. The molecule has 0 spiro atoms. The normalized spacial score (nSPS) is 12.3. The van der Waals surface area contributed by atoms with Crippen molar-refractivity contribution in [1.82, 2.24) is 14.1 Å². The zero-order valence-electron chi connectivity index (χ0n) is 16.1. The summed E-state index contributed by atoms with van der Waals surface area (Å²) in [5.41, 5.74) is 2.06. The van der Waals surface area contributed by atoms with Gasteiger partial charge in [-0.3, -0.25) is 0 Å². The minimum atomic E-state index is -3.72. The number of rotatable bonds is 6. The average Bonchev–Trinajstić information content (AvgIpc) is 3.08. The molecule has 0 aliphatic carbocycles. The predicted octanol–water partition coefficient (Wildman–Crippen LogP) is 4.35. The molecule has 0 aliphatic rings. The molecule has 1 aromatic heterocycles. The minimum Gasteiger partial charge on any atom is -0.239 e. The molecular formula is C21H25N3O2S. The van der Waals surface area contributed by atoms with E-state index in [1.807, 2.05) is 88.4 Å². The van der Waals surface area contributed by atoms with Gasteiger partial charge in [-0.15, -0.1) is 0 Å². The van der Waals surface area contributed by atoms with Crippen LogP contribution in [-0.2, 0) is 10.0 Å². The molecule has 0 saturated heterocycles. The Morgan fingerprint density at radius 3 is 1.89 bits per heavy atom. The lowest BCUT2D eigenvalue weighted by Crippen LogP contribution is -2.42. The summed E-state index contributed by atoms with van der Waals surface area (Å²) in [4.78, 5) is 0.222. The molecule has 3 rings (SSSR count). The molecule has 0 fully saturated rings. The number of nitrogens with zero attached hydrogens (tertiary/aromatic N) is 3. The van der Waals surface area contributed by atoms with Gasteiger partial charge in [0.25, 0.3) is 0 Å². The van der Waals surface area contributed by atoms with Crippen LogP contribution in [0.4, 0.5) is 0 Å². The van der Waals surface area contributed by atoms with Crippen molar-refractivity contribution in [2.24, 2.45) is 0 Å². The monoisotopic (exact) mass is 383 g/mol. The molecule has 0 atom stereocenters. The van der Waals surface area contributed by atoms with Gasteiger partial charge in [-0.05, 0) is 39.8 Å². The summed E-state index contributed by atoms with van der Waals surface area (Å²) in [6.07, 6.45) is 1.62. The van der Waals surface area contributed by atoms with Crippen molar-refractivity contribution >= 4 is 10.0 Å². The number of sulfonamides is 1. The molecule has 3 aromatic rings. The fraction of sp³-hybridized carbons (Fsp3) is 0.286. The van der Waals surface area contributed by atoms with E-state index < -0.39 is 10.0 Å². The largest absolute Gasteiger partial charge is 0.247 e. The van der Waals surface area contributed by atoms with Gasteiger partial charge >= 0.3 is 0 Å². The second-order valence-electron chi connectivity index (χ2n) is 7.01. The second kappa shape index (κ2) is 7.66. The van der Waals surface area contributed by atoms with Gasteiger partial charge in [-0.1, -0.05) is 48.5 Å². The number of para-hydroxylation sites is 1. The van der Waals surface area contributed by atoms with Gasteiger partial charge in [-0.25, -0.2) is 13.1 Å². The van der Waals surface area contributed by atoms with Crippen LogP contribution in [0.3, 0.4) is 0 Å². The molecule has 2 aromatic carbocycles. The molecule has 0 saturated carbocycles. The first-order valence-corrected chi connectivity index (χ1v) is 10.5. The molecule has 5 nitrogen and oxygen atoms in total. The van der Waals surface area contributed by atoms with Gasteiger partial charge in [0.2, 0.25) is 10.0 Å².